The molecule has 0 spiro atoms. The predicted octanol–water partition coefficient (Wildman–Crippen LogP) is 7.46. The third-order valence-corrected chi connectivity index (χ3v) is 8.31. The van der Waals surface area contributed by atoms with Crippen LogP contribution in [0.5, 0.6) is 11.6 Å². The van der Waals surface area contributed by atoms with Crippen LogP contribution < -0.4 is 14.4 Å². The quantitative estimate of drug-likeness (QED) is 0.155. The molecule has 44 heavy (non-hydrogen) atoms. The molecule has 0 aliphatic carbocycles. The molecule has 0 unspecified atom stereocenters. The summed E-state index contributed by atoms with van der Waals surface area (Å²) in [6.07, 6.45) is -2.76. The topological polar surface area (TPSA) is 71.3 Å². The molecule has 0 saturated carbocycles. The summed E-state index contributed by atoms with van der Waals surface area (Å²) in [5, 5.41) is 4.13. The molecule has 1 saturated heterocycles. The summed E-state index contributed by atoms with van der Waals surface area (Å²) in [5.74, 6) is -6.74. The first-order chi connectivity index (χ1) is 20.8. The summed E-state index contributed by atoms with van der Waals surface area (Å²) in [5.41, 5.74) is -0.583. The lowest BCUT2D eigenvalue weighted by Crippen LogP contribution is -2.44. The van der Waals surface area contributed by atoms with Crippen molar-refractivity contribution in [2.24, 2.45) is 7.05 Å². The van der Waals surface area contributed by atoms with Gasteiger partial charge >= 0.3 is 12.1 Å². The number of ether oxygens (including phenoxy) is 1. The Kier molecular flexibility index (Phi) is 8.96. The van der Waals surface area contributed by atoms with Crippen molar-refractivity contribution in [1.82, 2.24) is 24.6 Å². The number of alkyl halides is 5. The number of nitrogens with one attached hydrogen (secondary N) is 1. The van der Waals surface area contributed by atoms with Crippen molar-refractivity contribution in [1.29, 1.82) is 0 Å². The fourth-order valence-corrected chi connectivity index (χ4v) is 5.77. The number of aromatic nitrogens is 4. The summed E-state index contributed by atoms with van der Waals surface area (Å²) in [6.45, 7) is 6.01. The van der Waals surface area contributed by atoms with Crippen LogP contribution in [0.1, 0.15) is 16.7 Å². The zero-order valence-corrected chi connectivity index (χ0v) is 25.8. The maximum absolute atomic E-state index is 15.6. The first-order valence-corrected chi connectivity index (χ1v) is 14.7. The van der Waals surface area contributed by atoms with E-state index in [1.54, 1.807) is 62.1 Å². The van der Waals surface area contributed by atoms with Crippen LogP contribution in [0.4, 0.5) is 33.6 Å². The second kappa shape index (κ2) is 12.4. The van der Waals surface area contributed by atoms with Crippen molar-refractivity contribution >= 4 is 35.2 Å². The third kappa shape index (κ3) is 6.42. The van der Waals surface area contributed by atoms with Crippen LogP contribution in [0.15, 0.2) is 53.7 Å². The molecule has 0 radical (unpaired) electrons. The number of piperazine rings is 1. The van der Waals surface area contributed by atoms with Crippen LogP contribution in [0, 0.1) is 13.8 Å². The van der Waals surface area contributed by atoms with Crippen LogP contribution >= 0.6 is 23.5 Å². The van der Waals surface area contributed by atoms with Gasteiger partial charge in [-0.2, -0.15) is 32.0 Å². The van der Waals surface area contributed by atoms with Gasteiger partial charge in [-0.15, -0.1) is 0 Å². The largest absolute Gasteiger partial charge is 0.458 e. The standard InChI is InChI=1S/C29H29ClF5N7OS/c1-17-7-5-8-18(2)22(17)25-23(28(31,32)29(33,34)35)26(38-27(37-25)39-44-19-15-36-41(4)16-19)43-21-10-6-9-20(24(21)30)42-13-11-40(3)12-14-42/h5-10,15-16H,11-14H2,1-4H3,(H,37,38,39). The summed E-state index contributed by atoms with van der Waals surface area (Å²) in [6, 6.07) is 9.63. The van der Waals surface area contributed by atoms with E-state index in [4.69, 9.17) is 16.3 Å². The summed E-state index contributed by atoms with van der Waals surface area (Å²) < 4.78 is 83.6. The Morgan fingerprint density at radius 3 is 2.20 bits per heavy atom. The van der Waals surface area contributed by atoms with Gasteiger partial charge in [0.1, 0.15) is 16.3 Å². The molecule has 0 atom stereocenters. The van der Waals surface area contributed by atoms with Crippen molar-refractivity contribution in [3.63, 3.8) is 0 Å². The van der Waals surface area contributed by atoms with Crippen LogP contribution in [0.25, 0.3) is 11.3 Å². The maximum atomic E-state index is 15.6. The molecule has 4 aromatic rings. The fraction of sp³-hybridized carbons (Fsp3) is 0.345. The van der Waals surface area contributed by atoms with Crippen molar-refractivity contribution in [3.05, 3.63) is 70.5 Å². The molecule has 234 valence electrons. The van der Waals surface area contributed by atoms with Gasteiger partial charge in [-0.05, 0) is 56.1 Å². The van der Waals surface area contributed by atoms with E-state index in [0.717, 1.165) is 25.0 Å². The van der Waals surface area contributed by atoms with Gasteiger partial charge in [-0.25, -0.2) is 4.98 Å². The zero-order valence-electron chi connectivity index (χ0n) is 24.2. The highest BCUT2D eigenvalue weighted by molar-refractivity contribution is 8.00. The summed E-state index contributed by atoms with van der Waals surface area (Å²) >= 11 is 7.72. The highest BCUT2D eigenvalue weighted by atomic mass is 35.5. The van der Waals surface area contributed by atoms with Crippen LogP contribution in [0.2, 0.25) is 5.02 Å². The lowest BCUT2D eigenvalue weighted by molar-refractivity contribution is -0.289. The van der Waals surface area contributed by atoms with Gasteiger partial charge in [0.15, 0.2) is 0 Å². The number of halogens is 6. The fourth-order valence-electron chi connectivity index (χ4n) is 4.88. The number of likely N-dealkylation sites (N-methyl/N-ethyl adjacent to an activating group) is 1. The maximum Gasteiger partial charge on any atom is 0.458 e. The number of benzene rings is 2. The SMILES string of the molecule is Cc1cccc(C)c1-c1nc(NSc2cnn(C)c2)nc(Oc2cccc(N3CCN(C)CC3)c2Cl)c1C(F)(F)C(F)(F)F. The number of hydrogen-bond donors (Lipinski definition) is 1. The molecule has 5 rings (SSSR count). The van der Waals surface area contributed by atoms with Crippen molar-refractivity contribution in [2.45, 2.75) is 30.8 Å². The van der Waals surface area contributed by atoms with Gasteiger partial charge in [0.05, 0.1) is 22.5 Å². The number of rotatable bonds is 8. The minimum absolute atomic E-state index is 0.0600. The van der Waals surface area contributed by atoms with Crippen molar-refractivity contribution in [2.75, 3.05) is 42.8 Å². The second-order valence-corrected chi connectivity index (χ2v) is 11.7. The van der Waals surface area contributed by atoms with Gasteiger partial charge in [-0.1, -0.05) is 35.9 Å². The molecule has 3 heterocycles. The monoisotopic (exact) mass is 653 g/mol. The van der Waals surface area contributed by atoms with E-state index in [9.17, 15) is 13.2 Å². The average molecular weight is 654 g/mol. The molecule has 1 fully saturated rings. The van der Waals surface area contributed by atoms with E-state index in [1.807, 2.05) is 11.9 Å². The van der Waals surface area contributed by atoms with Crippen molar-refractivity contribution in [3.8, 4) is 22.9 Å². The Hall–Kier alpha value is -3.62. The molecule has 1 aliphatic rings. The van der Waals surface area contributed by atoms with Gasteiger partial charge in [0, 0.05) is 45.0 Å². The lowest BCUT2D eigenvalue weighted by atomic mass is 9.94. The van der Waals surface area contributed by atoms with Gasteiger partial charge in [-0.3, -0.25) is 9.40 Å². The highest BCUT2D eigenvalue weighted by Crippen LogP contribution is 2.52. The number of anilines is 2. The minimum Gasteiger partial charge on any atom is -0.437 e. The Morgan fingerprint density at radius 2 is 1.59 bits per heavy atom. The molecule has 8 nitrogen and oxygen atoms in total. The summed E-state index contributed by atoms with van der Waals surface area (Å²) in [4.78, 5) is 13.0. The third-order valence-electron chi connectivity index (χ3n) is 7.20. The van der Waals surface area contributed by atoms with E-state index < -0.39 is 29.2 Å². The zero-order chi connectivity index (χ0) is 31.8. The Bertz CT molecular complexity index is 1640. The van der Waals surface area contributed by atoms with Gasteiger partial charge < -0.3 is 14.5 Å². The minimum atomic E-state index is -5.98. The number of nitrogens with zero attached hydrogens (tertiary/aromatic N) is 6. The second-order valence-electron chi connectivity index (χ2n) is 10.5. The molecule has 2 aromatic carbocycles. The van der Waals surface area contributed by atoms with E-state index in [0.29, 0.717) is 34.8 Å². The molecular weight excluding hydrogens is 625 g/mol. The number of hydrogen-bond acceptors (Lipinski definition) is 8. The number of aryl methyl sites for hydroxylation is 3. The summed E-state index contributed by atoms with van der Waals surface area (Å²) in [7, 11) is 3.70. The molecule has 2 aromatic heterocycles. The molecular formula is C29H29ClF5N7OS. The first kappa shape index (κ1) is 31.8. The van der Waals surface area contributed by atoms with E-state index >= 15 is 8.78 Å². The first-order valence-electron chi connectivity index (χ1n) is 13.5. The predicted molar refractivity (Wildman–Crippen MR) is 161 cm³/mol. The molecule has 0 amide bonds. The molecule has 1 N–H and O–H groups in total. The van der Waals surface area contributed by atoms with E-state index in [2.05, 4.69) is 24.7 Å². The van der Waals surface area contributed by atoms with Gasteiger partial charge in [0.2, 0.25) is 11.8 Å². The molecule has 15 heteroatoms. The molecule has 1 aliphatic heterocycles. The Balaban J connectivity index is 1.69. The average Bonchev–Trinajstić information content (AvgIpc) is 3.37. The lowest BCUT2D eigenvalue weighted by Gasteiger charge is -2.34. The Labute approximate surface area is 260 Å². The van der Waals surface area contributed by atoms with Crippen LogP contribution in [-0.4, -0.2) is 64.1 Å². The van der Waals surface area contributed by atoms with Crippen LogP contribution in [-0.2, 0) is 13.0 Å². The normalized spacial score (nSPS) is 14.6. The van der Waals surface area contributed by atoms with E-state index in [-0.39, 0.29) is 22.3 Å². The molecule has 0 bridgehead atoms. The smallest absolute Gasteiger partial charge is 0.437 e. The Morgan fingerprint density at radius 1 is 0.932 bits per heavy atom. The van der Waals surface area contributed by atoms with Crippen LogP contribution in [0.3, 0.4) is 0 Å². The highest BCUT2D eigenvalue weighted by Gasteiger charge is 2.62. The van der Waals surface area contributed by atoms with E-state index in [1.165, 1.54) is 12.3 Å². The van der Waals surface area contributed by atoms with Gasteiger partial charge in [0.25, 0.3) is 0 Å². The van der Waals surface area contributed by atoms with Crippen molar-refractivity contribution < 1.29 is 26.7 Å².